The van der Waals surface area contributed by atoms with Crippen LogP contribution < -0.4 is 0 Å². The summed E-state index contributed by atoms with van der Waals surface area (Å²) >= 11 is 5.94. The van der Waals surface area contributed by atoms with Gasteiger partial charge in [-0.1, -0.05) is 11.6 Å². The first kappa shape index (κ1) is 11.6. The summed E-state index contributed by atoms with van der Waals surface area (Å²) in [5, 5.41) is 10.9. The Labute approximate surface area is 112 Å². The molecule has 1 N–H and O–H groups in total. The Balaban J connectivity index is 2.09. The number of non-ortho nitro benzene ring substituents is 1. The second kappa shape index (κ2) is 4.33. The van der Waals surface area contributed by atoms with E-state index >= 15 is 0 Å². The lowest BCUT2D eigenvalue weighted by atomic mass is 10.2. The standard InChI is InChI=1S/C12H7ClN4O2/c13-11-10-9(5-6-14-11)15-12(16-10)7-1-3-8(4-2-7)17(18)19/h1-6H,(H,15,16). The summed E-state index contributed by atoms with van der Waals surface area (Å²) in [5.74, 6) is 0.597. The third-order valence-corrected chi connectivity index (χ3v) is 2.98. The highest BCUT2D eigenvalue weighted by Gasteiger charge is 2.10. The van der Waals surface area contributed by atoms with E-state index in [0.717, 1.165) is 11.1 Å². The van der Waals surface area contributed by atoms with Crippen LogP contribution in [-0.2, 0) is 0 Å². The van der Waals surface area contributed by atoms with Crippen molar-refractivity contribution >= 4 is 28.3 Å². The zero-order valence-corrected chi connectivity index (χ0v) is 10.3. The van der Waals surface area contributed by atoms with Crippen LogP contribution in [0.3, 0.4) is 0 Å². The van der Waals surface area contributed by atoms with Gasteiger partial charge in [0, 0.05) is 23.9 Å². The summed E-state index contributed by atoms with van der Waals surface area (Å²) in [4.78, 5) is 21.5. The highest BCUT2D eigenvalue weighted by Crippen LogP contribution is 2.25. The predicted molar refractivity (Wildman–Crippen MR) is 71.0 cm³/mol. The molecule has 3 aromatic rings. The van der Waals surface area contributed by atoms with Crippen molar-refractivity contribution in [1.29, 1.82) is 0 Å². The van der Waals surface area contributed by atoms with Crippen molar-refractivity contribution in [2.24, 2.45) is 0 Å². The molecule has 3 rings (SSSR count). The number of halogens is 1. The van der Waals surface area contributed by atoms with Crippen LogP contribution in [0.5, 0.6) is 0 Å². The Bertz CT molecular complexity index is 767. The molecule has 0 bridgehead atoms. The zero-order chi connectivity index (χ0) is 13.4. The molecule has 1 aromatic carbocycles. The number of hydrogen-bond donors (Lipinski definition) is 1. The number of rotatable bonds is 2. The lowest BCUT2D eigenvalue weighted by Crippen LogP contribution is -1.87. The van der Waals surface area contributed by atoms with Crippen LogP contribution in [0.4, 0.5) is 5.69 Å². The molecule has 0 saturated heterocycles. The molecule has 0 spiro atoms. The molecule has 7 heteroatoms. The molecular formula is C12H7ClN4O2. The van der Waals surface area contributed by atoms with Gasteiger partial charge in [0.15, 0.2) is 5.15 Å². The van der Waals surface area contributed by atoms with Crippen LogP contribution in [0.15, 0.2) is 36.5 Å². The van der Waals surface area contributed by atoms with Crippen LogP contribution in [0.25, 0.3) is 22.4 Å². The van der Waals surface area contributed by atoms with Gasteiger partial charge in [0.2, 0.25) is 0 Å². The number of nitrogens with zero attached hydrogens (tertiary/aromatic N) is 3. The van der Waals surface area contributed by atoms with Crippen LogP contribution in [0, 0.1) is 10.1 Å². The summed E-state index contributed by atoms with van der Waals surface area (Å²) in [6.45, 7) is 0. The maximum absolute atomic E-state index is 10.6. The third-order valence-electron chi connectivity index (χ3n) is 2.71. The van der Waals surface area contributed by atoms with Crippen LogP contribution in [-0.4, -0.2) is 19.9 Å². The molecule has 6 nitrogen and oxygen atoms in total. The van der Waals surface area contributed by atoms with Crippen molar-refractivity contribution in [3.63, 3.8) is 0 Å². The molecule has 0 unspecified atom stereocenters. The van der Waals surface area contributed by atoms with Crippen LogP contribution in [0.2, 0.25) is 5.15 Å². The largest absolute Gasteiger partial charge is 0.338 e. The topological polar surface area (TPSA) is 84.7 Å². The molecule has 0 radical (unpaired) electrons. The Morgan fingerprint density at radius 1 is 1.21 bits per heavy atom. The van der Waals surface area contributed by atoms with E-state index in [-0.39, 0.29) is 5.69 Å². The van der Waals surface area contributed by atoms with E-state index in [9.17, 15) is 10.1 Å². The first-order valence-corrected chi connectivity index (χ1v) is 5.78. The van der Waals surface area contributed by atoms with Gasteiger partial charge in [-0.2, -0.15) is 0 Å². The van der Waals surface area contributed by atoms with E-state index in [2.05, 4.69) is 15.0 Å². The Morgan fingerprint density at radius 3 is 2.58 bits per heavy atom. The highest BCUT2D eigenvalue weighted by atomic mass is 35.5. The molecule has 94 valence electrons. The van der Waals surface area contributed by atoms with Gasteiger partial charge in [0.25, 0.3) is 5.69 Å². The van der Waals surface area contributed by atoms with E-state index in [1.54, 1.807) is 24.4 Å². The lowest BCUT2D eigenvalue weighted by molar-refractivity contribution is -0.384. The number of fused-ring (bicyclic) bond motifs is 1. The summed E-state index contributed by atoms with van der Waals surface area (Å²) in [6.07, 6.45) is 1.59. The molecule has 0 atom stereocenters. The van der Waals surface area contributed by atoms with Crippen LogP contribution >= 0.6 is 11.6 Å². The van der Waals surface area contributed by atoms with Gasteiger partial charge in [-0.15, -0.1) is 0 Å². The van der Waals surface area contributed by atoms with Crippen molar-refractivity contribution in [3.05, 3.63) is 51.8 Å². The fourth-order valence-corrected chi connectivity index (χ4v) is 1.98. The number of nitro groups is 1. The Hall–Kier alpha value is -2.47. The van der Waals surface area contributed by atoms with Gasteiger partial charge < -0.3 is 4.98 Å². The first-order chi connectivity index (χ1) is 9.15. The summed E-state index contributed by atoms with van der Waals surface area (Å²) in [7, 11) is 0. The van der Waals surface area contributed by atoms with E-state index in [1.807, 2.05) is 0 Å². The van der Waals surface area contributed by atoms with Crippen molar-refractivity contribution in [3.8, 4) is 11.4 Å². The molecule has 2 heterocycles. The van der Waals surface area contributed by atoms with E-state index in [0.29, 0.717) is 16.5 Å². The molecule has 0 aliphatic heterocycles. The lowest BCUT2D eigenvalue weighted by Gasteiger charge is -1.95. The number of nitrogens with one attached hydrogen (secondary N) is 1. The van der Waals surface area contributed by atoms with Crippen molar-refractivity contribution in [2.75, 3.05) is 0 Å². The van der Waals surface area contributed by atoms with Gasteiger partial charge in [0.05, 0.1) is 10.4 Å². The van der Waals surface area contributed by atoms with Gasteiger partial charge in [-0.05, 0) is 18.2 Å². The normalized spacial score (nSPS) is 10.8. The van der Waals surface area contributed by atoms with Crippen molar-refractivity contribution in [2.45, 2.75) is 0 Å². The van der Waals surface area contributed by atoms with Gasteiger partial charge in [-0.25, -0.2) is 9.97 Å². The fourth-order valence-electron chi connectivity index (χ4n) is 1.78. The maximum atomic E-state index is 10.6. The average molecular weight is 275 g/mol. The maximum Gasteiger partial charge on any atom is 0.269 e. The predicted octanol–water partition coefficient (Wildman–Crippen LogP) is 3.19. The van der Waals surface area contributed by atoms with Gasteiger partial charge >= 0.3 is 0 Å². The van der Waals surface area contributed by atoms with Crippen LogP contribution in [0.1, 0.15) is 0 Å². The number of pyridine rings is 1. The molecule has 0 aliphatic rings. The summed E-state index contributed by atoms with van der Waals surface area (Å²) in [6, 6.07) is 7.90. The minimum Gasteiger partial charge on any atom is -0.338 e. The quantitative estimate of drug-likeness (QED) is 0.442. The highest BCUT2D eigenvalue weighted by molar-refractivity contribution is 6.33. The number of hydrogen-bond acceptors (Lipinski definition) is 4. The number of H-pyrrole nitrogens is 1. The molecular weight excluding hydrogens is 268 g/mol. The first-order valence-electron chi connectivity index (χ1n) is 5.40. The SMILES string of the molecule is O=[N+]([O-])c1ccc(-c2nc3c(Cl)nccc3[nH]2)cc1. The van der Waals surface area contributed by atoms with E-state index in [4.69, 9.17) is 11.6 Å². The Morgan fingerprint density at radius 2 is 1.95 bits per heavy atom. The van der Waals surface area contributed by atoms with Crippen molar-refractivity contribution in [1.82, 2.24) is 15.0 Å². The second-order valence-corrected chi connectivity index (χ2v) is 4.25. The number of benzene rings is 1. The zero-order valence-electron chi connectivity index (χ0n) is 9.50. The van der Waals surface area contributed by atoms with Gasteiger partial charge in [0.1, 0.15) is 11.3 Å². The van der Waals surface area contributed by atoms with E-state index < -0.39 is 4.92 Å². The molecule has 0 fully saturated rings. The number of imidazole rings is 1. The fraction of sp³-hybridized carbons (Fsp3) is 0. The number of aromatic nitrogens is 3. The van der Waals surface area contributed by atoms with E-state index in [1.165, 1.54) is 12.1 Å². The molecule has 19 heavy (non-hydrogen) atoms. The average Bonchev–Trinajstić information content (AvgIpc) is 2.84. The monoisotopic (exact) mass is 274 g/mol. The summed E-state index contributed by atoms with van der Waals surface area (Å²) in [5.41, 5.74) is 2.14. The molecule has 0 amide bonds. The number of aromatic amines is 1. The molecule has 0 saturated carbocycles. The van der Waals surface area contributed by atoms with Crippen molar-refractivity contribution < 1.29 is 4.92 Å². The second-order valence-electron chi connectivity index (χ2n) is 3.89. The summed E-state index contributed by atoms with van der Waals surface area (Å²) < 4.78 is 0. The molecule has 0 aliphatic carbocycles. The number of nitro benzene ring substituents is 1. The Kier molecular flexibility index (Phi) is 2.64. The van der Waals surface area contributed by atoms with Gasteiger partial charge in [-0.3, -0.25) is 10.1 Å². The molecule has 2 aromatic heterocycles. The smallest absolute Gasteiger partial charge is 0.269 e. The minimum atomic E-state index is -0.441. The third kappa shape index (κ3) is 2.02. The minimum absolute atomic E-state index is 0.0413.